The third-order valence-electron chi connectivity index (χ3n) is 4.52. The number of nitrogens with zero attached hydrogens (tertiary/aromatic N) is 4. The number of thiazole rings is 1. The Morgan fingerprint density at radius 2 is 1.91 bits per heavy atom. The van der Waals surface area contributed by atoms with Crippen molar-refractivity contribution < 1.29 is 14.3 Å². The largest absolute Gasteiger partial charge is 0.465 e. The molecule has 3 aromatic heterocycles. The smallest absolute Gasteiger partial charge is 0.337 e. The highest BCUT2D eigenvalue weighted by atomic mass is 32.2. The molecule has 4 aromatic rings. The predicted molar refractivity (Wildman–Crippen MR) is 128 cm³/mol. The van der Waals surface area contributed by atoms with Gasteiger partial charge < -0.3 is 10.1 Å². The maximum atomic E-state index is 12.2. The molecule has 166 valence electrons. The summed E-state index contributed by atoms with van der Waals surface area (Å²) in [6, 6.07) is 14.1. The highest BCUT2D eigenvalue weighted by Crippen LogP contribution is 2.34. The van der Waals surface area contributed by atoms with Crippen LogP contribution in [0.3, 0.4) is 0 Å². The quantitative estimate of drug-likeness (QED) is 0.307. The number of benzene rings is 1. The fourth-order valence-corrected chi connectivity index (χ4v) is 4.54. The van der Waals surface area contributed by atoms with Gasteiger partial charge in [-0.15, -0.1) is 21.5 Å². The lowest BCUT2D eigenvalue weighted by molar-refractivity contribution is -0.113. The molecule has 8 nitrogen and oxygen atoms in total. The van der Waals surface area contributed by atoms with Gasteiger partial charge in [0.2, 0.25) is 5.91 Å². The van der Waals surface area contributed by atoms with Crippen molar-refractivity contribution in [3.63, 3.8) is 0 Å². The van der Waals surface area contributed by atoms with Crippen molar-refractivity contribution in [2.75, 3.05) is 18.2 Å². The first-order chi connectivity index (χ1) is 16.0. The average Bonchev–Trinajstić information content (AvgIpc) is 3.25. The predicted octanol–water partition coefficient (Wildman–Crippen LogP) is 4.49. The second kappa shape index (κ2) is 10.3. The monoisotopic (exact) mass is 477 g/mol. The summed E-state index contributed by atoms with van der Waals surface area (Å²) in [5.41, 5.74) is 3.59. The summed E-state index contributed by atoms with van der Waals surface area (Å²) in [6.07, 6.45) is 3.51. The number of carbonyl (C=O) groups excluding carboxylic acids is 2. The topological polar surface area (TPSA) is 107 Å². The van der Waals surface area contributed by atoms with Crippen LogP contribution in [0, 0.1) is 6.92 Å². The molecule has 0 radical (unpaired) electrons. The van der Waals surface area contributed by atoms with Crippen molar-refractivity contribution in [2.24, 2.45) is 0 Å². The van der Waals surface area contributed by atoms with Crippen LogP contribution in [0.25, 0.3) is 21.1 Å². The SMILES string of the molecule is COC(=O)c1ccc(NC(=O)CSc2ccc(-c3sc(-c4cccnc4)nc3C)nn2)cc1. The van der Waals surface area contributed by atoms with E-state index >= 15 is 0 Å². The standard InChI is InChI=1S/C23H19N5O3S2/c1-14-21(33-22(25-14)16-4-3-11-24-12-16)18-9-10-20(28-27-18)32-13-19(29)26-17-7-5-15(6-8-17)23(30)31-2/h3-12H,13H2,1-2H3,(H,26,29). The zero-order chi connectivity index (χ0) is 23.2. The first kappa shape index (κ1) is 22.6. The van der Waals surface area contributed by atoms with Gasteiger partial charge in [-0.25, -0.2) is 9.78 Å². The number of aryl methyl sites for hydroxylation is 1. The Morgan fingerprint density at radius 1 is 1.09 bits per heavy atom. The minimum atomic E-state index is -0.424. The van der Waals surface area contributed by atoms with Crippen molar-refractivity contribution in [3.05, 3.63) is 72.2 Å². The number of amides is 1. The molecule has 0 saturated heterocycles. The van der Waals surface area contributed by atoms with Gasteiger partial charge in [-0.3, -0.25) is 9.78 Å². The van der Waals surface area contributed by atoms with Gasteiger partial charge in [0.15, 0.2) is 0 Å². The molecule has 0 atom stereocenters. The second-order valence-corrected chi connectivity index (χ2v) is 8.83. The number of methoxy groups -OCH3 is 1. The lowest BCUT2D eigenvalue weighted by Gasteiger charge is -2.06. The van der Waals surface area contributed by atoms with Crippen LogP contribution in [0.5, 0.6) is 0 Å². The lowest BCUT2D eigenvalue weighted by atomic mass is 10.2. The Hall–Kier alpha value is -3.63. The first-order valence-electron chi connectivity index (χ1n) is 9.86. The van der Waals surface area contributed by atoms with Crippen LogP contribution >= 0.6 is 23.1 Å². The molecule has 10 heteroatoms. The van der Waals surface area contributed by atoms with Gasteiger partial charge in [-0.1, -0.05) is 11.8 Å². The average molecular weight is 478 g/mol. The number of esters is 1. The summed E-state index contributed by atoms with van der Waals surface area (Å²) in [5, 5.41) is 12.9. The van der Waals surface area contributed by atoms with Crippen molar-refractivity contribution in [3.8, 4) is 21.1 Å². The molecule has 33 heavy (non-hydrogen) atoms. The van der Waals surface area contributed by atoms with Crippen molar-refractivity contribution in [1.82, 2.24) is 20.2 Å². The summed E-state index contributed by atoms with van der Waals surface area (Å²) >= 11 is 2.83. The van der Waals surface area contributed by atoms with Gasteiger partial charge in [0.1, 0.15) is 15.7 Å². The molecule has 0 spiro atoms. The van der Waals surface area contributed by atoms with E-state index in [9.17, 15) is 9.59 Å². The Bertz CT molecular complexity index is 1260. The maximum absolute atomic E-state index is 12.2. The fraction of sp³-hybridized carbons (Fsp3) is 0.130. The van der Waals surface area contributed by atoms with Crippen LogP contribution in [0.1, 0.15) is 16.1 Å². The first-order valence-corrected chi connectivity index (χ1v) is 11.7. The van der Waals surface area contributed by atoms with Crippen molar-refractivity contribution in [2.45, 2.75) is 11.9 Å². The molecule has 4 rings (SSSR count). The van der Waals surface area contributed by atoms with Gasteiger partial charge >= 0.3 is 5.97 Å². The van der Waals surface area contributed by atoms with Crippen molar-refractivity contribution in [1.29, 1.82) is 0 Å². The van der Waals surface area contributed by atoms with E-state index in [2.05, 4.69) is 30.2 Å². The molecule has 1 amide bonds. The Kier molecular flexibility index (Phi) is 7.06. The number of nitrogens with one attached hydrogen (secondary N) is 1. The van der Waals surface area contributed by atoms with E-state index in [1.165, 1.54) is 18.9 Å². The molecule has 0 aliphatic heterocycles. The van der Waals surface area contributed by atoms with E-state index in [0.29, 0.717) is 16.3 Å². The Balaban J connectivity index is 1.35. The fourth-order valence-electron chi connectivity index (χ4n) is 2.91. The number of pyridine rings is 1. The number of rotatable bonds is 7. The van der Waals surface area contributed by atoms with Gasteiger partial charge in [-0.05, 0) is 55.5 Å². The number of ether oxygens (including phenoxy) is 1. The third-order valence-corrected chi connectivity index (χ3v) is 6.67. The molecule has 3 heterocycles. The summed E-state index contributed by atoms with van der Waals surface area (Å²) < 4.78 is 4.66. The highest BCUT2D eigenvalue weighted by molar-refractivity contribution is 7.99. The summed E-state index contributed by atoms with van der Waals surface area (Å²) in [4.78, 5) is 33.4. The number of carbonyl (C=O) groups is 2. The van der Waals surface area contributed by atoms with Gasteiger partial charge in [-0.2, -0.15) is 0 Å². The second-order valence-electron chi connectivity index (χ2n) is 6.84. The molecule has 0 saturated carbocycles. The molecular formula is C23H19N5O3S2. The van der Waals surface area contributed by atoms with Crippen LogP contribution < -0.4 is 5.32 Å². The zero-order valence-electron chi connectivity index (χ0n) is 17.8. The van der Waals surface area contributed by atoms with E-state index in [1.54, 1.807) is 48.0 Å². The minimum absolute atomic E-state index is 0.178. The highest BCUT2D eigenvalue weighted by Gasteiger charge is 2.14. The van der Waals surface area contributed by atoms with E-state index in [0.717, 1.165) is 26.8 Å². The van der Waals surface area contributed by atoms with E-state index in [-0.39, 0.29) is 11.7 Å². The molecule has 0 aliphatic rings. The minimum Gasteiger partial charge on any atom is -0.465 e. The molecule has 0 aliphatic carbocycles. The molecule has 0 fully saturated rings. The van der Waals surface area contributed by atoms with Gasteiger partial charge in [0.25, 0.3) is 0 Å². The lowest BCUT2D eigenvalue weighted by Crippen LogP contribution is -2.14. The number of hydrogen-bond acceptors (Lipinski definition) is 9. The summed E-state index contributed by atoms with van der Waals surface area (Å²) in [5.74, 6) is -0.430. The third kappa shape index (κ3) is 5.60. The number of thioether (sulfide) groups is 1. The Morgan fingerprint density at radius 3 is 2.58 bits per heavy atom. The van der Waals surface area contributed by atoms with E-state index in [1.807, 2.05) is 31.2 Å². The van der Waals surface area contributed by atoms with Crippen LogP contribution in [0.15, 0.2) is 66.0 Å². The normalized spacial score (nSPS) is 10.6. The molecule has 1 aromatic carbocycles. The van der Waals surface area contributed by atoms with Crippen LogP contribution in [-0.4, -0.2) is 44.9 Å². The van der Waals surface area contributed by atoms with Crippen LogP contribution in [-0.2, 0) is 9.53 Å². The maximum Gasteiger partial charge on any atom is 0.337 e. The Labute approximate surface area is 198 Å². The number of aromatic nitrogens is 4. The molecular weight excluding hydrogens is 458 g/mol. The van der Waals surface area contributed by atoms with Gasteiger partial charge in [0.05, 0.1) is 29.0 Å². The number of anilines is 1. The zero-order valence-corrected chi connectivity index (χ0v) is 19.4. The molecule has 0 bridgehead atoms. The number of hydrogen-bond donors (Lipinski definition) is 1. The van der Waals surface area contributed by atoms with Crippen molar-refractivity contribution >= 4 is 40.7 Å². The van der Waals surface area contributed by atoms with E-state index < -0.39 is 5.97 Å². The molecule has 0 unspecified atom stereocenters. The van der Waals surface area contributed by atoms with Gasteiger partial charge in [0, 0.05) is 23.6 Å². The van der Waals surface area contributed by atoms with E-state index in [4.69, 9.17) is 0 Å². The van der Waals surface area contributed by atoms with Crippen LogP contribution in [0.2, 0.25) is 0 Å². The summed E-state index contributed by atoms with van der Waals surface area (Å²) in [7, 11) is 1.32. The molecule has 1 N–H and O–H groups in total. The van der Waals surface area contributed by atoms with Crippen LogP contribution in [0.4, 0.5) is 5.69 Å². The summed E-state index contributed by atoms with van der Waals surface area (Å²) in [6.45, 7) is 1.94.